The van der Waals surface area contributed by atoms with Gasteiger partial charge in [-0.1, -0.05) is 29.2 Å². The van der Waals surface area contributed by atoms with Crippen LogP contribution in [0.1, 0.15) is 45.7 Å². The maximum Gasteiger partial charge on any atom is 0.216 e. The van der Waals surface area contributed by atoms with Gasteiger partial charge in [-0.15, -0.1) is 0 Å². The number of aliphatic hydroxyl groups is 1. The molecule has 0 fully saturated rings. The van der Waals surface area contributed by atoms with Crippen molar-refractivity contribution in [3.63, 3.8) is 0 Å². The average Bonchev–Trinajstić information content (AvgIpc) is 3.43. The summed E-state index contributed by atoms with van der Waals surface area (Å²) in [5.74, 6) is 6.90. The highest BCUT2D eigenvalue weighted by molar-refractivity contribution is 5.86. The fourth-order valence-electron chi connectivity index (χ4n) is 4.43. The molecule has 3 aromatic heterocycles. The number of allylic oxidation sites excluding steroid dienone is 2. The van der Waals surface area contributed by atoms with Gasteiger partial charge < -0.3 is 25.5 Å². The molecule has 0 aromatic carbocycles. The summed E-state index contributed by atoms with van der Waals surface area (Å²) in [6.07, 6.45) is 7.49. The number of ether oxygens (including phenoxy) is 1. The monoisotopic (exact) mass is 475 g/mol. The molecule has 4 heterocycles. The summed E-state index contributed by atoms with van der Waals surface area (Å²) in [5, 5.41) is 21.3. The Hall–Kier alpha value is -3.68. The zero-order valence-electron chi connectivity index (χ0n) is 20.1. The number of nitrogens with zero attached hydrogens (tertiary/aromatic N) is 5. The van der Waals surface area contributed by atoms with Gasteiger partial charge in [-0.25, -0.2) is 14.6 Å². The van der Waals surface area contributed by atoms with Crippen LogP contribution in [0.15, 0.2) is 34.0 Å². The lowest BCUT2D eigenvalue weighted by Crippen LogP contribution is -2.40. The van der Waals surface area contributed by atoms with Gasteiger partial charge in [0.25, 0.3) is 0 Å². The summed E-state index contributed by atoms with van der Waals surface area (Å²) in [6.45, 7) is 7.19. The molecule has 2 aliphatic rings. The van der Waals surface area contributed by atoms with Crippen molar-refractivity contribution >= 4 is 16.9 Å². The van der Waals surface area contributed by atoms with Crippen LogP contribution in [0.2, 0.25) is 0 Å². The number of nitrogen functional groups attached to an aromatic ring is 1. The molecule has 1 aliphatic carbocycles. The first kappa shape index (κ1) is 23.1. The van der Waals surface area contributed by atoms with Crippen LogP contribution in [0.3, 0.4) is 0 Å². The summed E-state index contributed by atoms with van der Waals surface area (Å²) in [7, 11) is 0. The smallest absolute Gasteiger partial charge is 0.216 e. The summed E-state index contributed by atoms with van der Waals surface area (Å²) in [4.78, 5) is 9.35. The van der Waals surface area contributed by atoms with Crippen molar-refractivity contribution in [2.45, 2.75) is 58.2 Å². The third-order valence-electron chi connectivity index (χ3n) is 6.17. The van der Waals surface area contributed by atoms with Crippen LogP contribution in [-0.4, -0.2) is 54.7 Å². The molecule has 35 heavy (non-hydrogen) atoms. The van der Waals surface area contributed by atoms with E-state index in [1.807, 2.05) is 17.6 Å². The lowest BCUT2D eigenvalue weighted by molar-refractivity contribution is 0.143. The number of rotatable bonds is 5. The Morgan fingerprint density at radius 1 is 1.26 bits per heavy atom. The molecule has 0 radical (unpaired) electrons. The zero-order valence-corrected chi connectivity index (χ0v) is 20.1. The third kappa shape index (κ3) is 4.78. The number of aryl methyl sites for hydroxylation is 1. The molecule has 1 aliphatic heterocycles. The first-order chi connectivity index (χ1) is 16.8. The van der Waals surface area contributed by atoms with E-state index < -0.39 is 5.60 Å². The fourth-order valence-corrected chi connectivity index (χ4v) is 4.43. The zero-order chi connectivity index (χ0) is 24.6. The maximum absolute atomic E-state index is 10.2. The number of fused-ring (bicyclic) bond motifs is 1. The number of nitrogens with two attached hydrogens (primary N) is 1. The minimum atomic E-state index is -1.19. The SMILES string of the molecule is CCn1c(-c2nonc2N)nc2c(C#CC(C)(C)O)nc(OC[C@@H]3CC4=C(CC=CC4)CN3)cc21. The molecule has 3 aromatic rings. The van der Waals surface area contributed by atoms with E-state index in [9.17, 15) is 5.11 Å². The Morgan fingerprint density at radius 2 is 2.06 bits per heavy atom. The Balaban J connectivity index is 1.50. The molecule has 182 valence electrons. The predicted molar refractivity (Wildman–Crippen MR) is 131 cm³/mol. The Morgan fingerprint density at radius 3 is 2.77 bits per heavy atom. The topological polar surface area (TPSA) is 137 Å². The number of nitrogens with one attached hydrogen (secondary N) is 1. The molecule has 0 spiro atoms. The van der Waals surface area contributed by atoms with E-state index in [0.717, 1.165) is 31.3 Å². The minimum absolute atomic E-state index is 0.151. The van der Waals surface area contributed by atoms with Crippen LogP contribution < -0.4 is 15.8 Å². The van der Waals surface area contributed by atoms with Gasteiger partial charge in [0, 0.05) is 25.2 Å². The second-order valence-electron chi connectivity index (χ2n) is 9.34. The number of hydrogen-bond acceptors (Lipinski definition) is 9. The highest BCUT2D eigenvalue weighted by atomic mass is 16.6. The van der Waals surface area contributed by atoms with Gasteiger partial charge in [-0.2, -0.15) is 0 Å². The standard InChI is InChI=1S/C25H29N7O3/c1-4-32-19-12-20(34-14-17-11-15-7-5-6-8-16(15)13-27-17)28-18(9-10-25(2,3)33)21(19)29-24(32)22-23(26)31-35-30-22/h5-6,12,17,27,33H,4,7-8,11,13-14H2,1-3H3,(H2,26,31)/t17-/m0/s1. The number of anilines is 1. The molecule has 0 saturated heterocycles. The summed E-state index contributed by atoms with van der Waals surface area (Å²) >= 11 is 0. The molecule has 0 unspecified atom stereocenters. The van der Waals surface area contributed by atoms with Crippen molar-refractivity contribution in [2.24, 2.45) is 0 Å². The molecular weight excluding hydrogens is 446 g/mol. The summed E-state index contributed by atoms with van der Waals surface area (Å²) in [5.41, 5.74) is 9.85. The Bertz CT molecular complexity index is 1380. The average molecular weight is 476 g/mol. The molecule has 0 amide bonds. The number of imidazole rings is 1. The molecule has 10 heteroatoms. The van der Waals surface area contributed by atoms with Gasteiger partial charge in [-0.05, 0) is 56.3 Å². The van der Waals surface area contributed by atoms with Crippen LogP contribution in [0.4, 0.5) is 5.82 Å². The van der Waals surface area contributed by atoms with Crippen LogP contribution in [-0.2, 0) is 6.54 Å². The number of aromatic nitrogens is 5. The summed E-state index contributed by atoms with van der Waals surface area (Å²) in [6, 6.07) is 2.06. The molecule has 4 N–H and O–H groups in total. The van der Waals surface area contributed by atoms with Crippen molar-refractivity contribution in [3.8, 4) is 29.2 Å². The fraction of sp³-hybridized carbons (Fsp3) is 0.440. The highest BCUT2D eigenvalue weighted by Crippen LogP contribution is 2.31. The van der Waals surface area contributed by atoms with E-state index in [2.05, 4.69) is 44.6 Å². The van der Waals surface area contributed by atoms with Gasteiger partial charge in [0.05, 0.1) is 5.52 Å². The van der Waals surface area contributed by atoms with Crippen molar-refractivity contribution < 1.29 is 14.5 Å². The Kier molecular flexibility index (Phi) is 6.05. The molecule has 10 nitrogen and oxygen atoms in total. The van der Waals surface area contributed by atoms with Crippen LogP contribution in [0.5, 0.6) is 5.88 Å². The third-order valence-corrected chi connectivity index (χ3v) is 6.17. The quantitative estimate of drug-likeness (QED) is 0.375. The lowest BCUT2D eigenvalue weighted by Gasteiger charge is -2.29. The van der Waals surface area contributed by atoms with E-state index in [1.165, 1.54) is 11.1 Å². The molecule has 0 bridgehead atoms. The predicted octanol–water partition coefficient (Wildman–Crippen LogP) is 2.59. The normalized spacial score (nSPS) is 17.9. The molecule has 5 rings (SSSR count). The molecule has 1 atom stereocenters. The van der Waals surface area contributed by atoms with Crippen LogP contribution >= 0.6 is 0 Å². The van der Waals surface area contributed by atoms with Crippen molar-refractivity contribution in [3.05, 3.63) is 35.1 Å². The Labute approximate surface area is 203 Å². The minimum Gasteiger partial charge on any atom is -0.476 e. The summed E-state index contributed by atoms with van der Waals surface area (Å²) < 4.78 is 12.9. The maximum atomic E-state index is 10.2. The van der Waals surface area contributed by atoms with Crippen LogP contribution in [0.25, 0.3) is 22.6 Å². The largest absolute Gasteiger partial charge is 0.476 e. The number of pyridine rings is 1. The molecule has 0 saturated carbocycles. The van der Waals surface area contributed by atoms with Gasteiger partial charge >= 0.3 is 0 Å². The second-order valence-corrected chi connectivity index (χ2v) is 9.34. The number of hydrogen-bond donors (Lipinski definition) is 3. The van der Waals surface area contributed by atoms with E-state index in [4.69, 9.17) is 20.1 Å². The van der Waals surface area contributed by atoms with E-state index in [-0.39, 0.29) is 11.9 Å². The van der Waals surface area contributed by atoms with E-state index in [1.54, 1.807) is 13.8 Å². The first-order valence-corrected chi connectivity index (χ1v) is 11.8. The van der Waals surface area contributed by atoms with Crippen molar-refractivity contribution in [2.75, 3.05) is 18.9 Å². The van der Waals surface area contributed by atoms with Gasteiger partial charge in [0.15, 0.2) is 17.3 Å². The van der Waals surface area contributed by atoms with Crippen LogP contribution in [0, 0.1) is 11.8 Å². The highest BCUT2D eigenvalue weighted by Gasteiger charge is 2.24. The van der Waals surface area contributed by atoms with Gasteiger partial charge in [0.2, 0.25) is 5.88 Å². The lowest BCUT2D eigenvalue weighted by atomic mass is 9.89. The van der Waals surface area contributed by atoms with Gasteiger partial charge in [0.1, 0.15) is 23.4 Å². The van der Waals surface area contributed by atoms with E-state index in [0.29, 0.717) is 41.8 Å². The van der Waals surface area contributed by atoms with Crippen molar-refractivity contribution in [1.82, 2.24) is 30.2 Å². The van der Waals surface area contributed by atoms with E-state index >= 15 is 0 Å². The molecular formula is C25H29N7O3. The van der Waals surface area contributed by atoms with Gasteiger partial charge in [-0.3, -0.25) is 0 Å². The second kappa shape index (κ2) is 9.17. The first-order valence-electron chi connectivity index (χ1n) is 11.8. The van der Waals surface area contributed by atoms with Crippen molar-refractivity contribution in [1.29, 1.82) is 0 Å².